The highest BCUT2D eigenvalue weighted by atomic mass is 16.5. The molecule has 0 saturated carbocycles. The van der Waals surface area contributed by atoms with E-state index < -0.39 is 0 Å². The molecule has 1 atom stereocenters. The largest absolute Gasteiger partial charge is 0.371 e. The van der Waals surface area contributed by atoms with E-state index in [9.17, 15) is 4.79 Å². The number of hydrogen-bond donors (Lipinski definition) is 1. The van der Waals surface area contributed by atoms with Crippen LogP contribution in [0.4, 0.5) is 0 Å². The van der Waals surface area contributed by atoms with Crippen LogP contribution in [-0.2, 0) is 22.5 Å². The van der Waals surface area contributed by atoms with E-state index in [1.165, 1.54) is 10.4 Å². The SMILES string of the molecule is Cc1ccc(-c2nnn(CC(=O)NCC3OCCc4ccccc43)n2)cc1. The maximum Gasteiger partial charge on any atom is 0.243 e. The summed E-state index contributed by atoms with van der Waals surface area (Å²) in [6.45, 7) is 3.14. The number of amides is 1. The maximum atomic E-state index is 12.3. The second-order valence-electron chi connectivity index (χ2n) is 6.62. The van der Waals surface area contributed by atoms with Crippen LogP contribution in [-0.4, -0.2) is 39.3 Å². The number of hydrogen-bond acceptors (Lipinski definition) is 5. The first kappa shape index (κ1) is 17.4. The predicted molar refractivity (Wildman–Crippen MR) is 99.8 cm³/mol. The highest BCUT2D eigenvalue weighted by molar-refractivity contribution is 5.75. The molecule has 0 bridgehead atoms. The normalized spacial score (nSPS) is 16.0. The molecule has 1 aliphatic rings. The summed E-state index contributed by atoms with van der Waals surface area (Å²) < 4.78 is 5.81. The fourth-order valence-electron chi connectivity index (χ4n) is 3.17. The van der Waals surface area contributed by atoms with Gasteiger partial charge in [-0.1, -0.05) is 54.1 Å². The summed E-state index contributed by atoms with van der Waals surface area (Å²) in [5.74, 6) is 0.335. The number of benzene rings is 2. The van der Waals surface area contributed by atoms with Crippen molar-refractivity contribution in [1.29, 1.82) is 0 Å². The molecular formula is C20H21N5O2. The summed E-state index contributed by atoms with van der Waals surface area (Å²) in [6, 6.07) is 16.0. The maximum absolute atomic E-state index is 12.3. The van der Waals surface area contributed by atoms with Gasteiger partial charge in [-0.3, -0.25) is 4.79 Å². The van der Waals surface area contributed by atoms with Crippen LogP contribution >= 0.6 is 0 Å². The molecule has 0 spiro atoms. The minimum atomic E-state index is -0.172. The number of carbonyl (C=O) groups excluding carboxylic acids is 1. The van der Waals surface area contributed by atoms with Gasteiger partial charge in [-0.05, 0) is 29.7 Å². The second-order valence-corrected chi connectivity index (χ2v) is 6.62. The molecular weight excluding hydrogens is 342 g/mol. The zero-order chi connectivity index (χ0) is 18.6. The first-order chi connectivity index (χ1) is 13.2. The van der Waals surface area contributed by atoms with Gasteiger partial charge in [0, 0.05) is 12.1 Å². The molecule has 138 valence electrons. The number of nitrogens with zero attached hydrogens (tertiary/aromatic N) is 4. The van der Waals surface area contributed by atoms with Crippen LogP contribution in [0.15, 0.2) is 48.5 Å². The van der Waals surface area contributed by atoms with Crippen LogP contribution in [0.3, 0.4) is 0 Å². The predicted octanol–water partition coefficient (Wildman–Crippen LogP) is 2.08. The lowest BCUT2D eigenvalue weighted by molar-refractivity contribution is -0.122. The van der Waals surface area contributed by atoms with Crippen molar-refractivity contribution in [2.75, 3.05) is 13.2 Å². The van der Waals surface area contributed by atoms with Crippen molar-refractivity contribution < 1.29 is 9.53 Å². The van der Waals surface area contributed by atoms with Gasteiger partial charge in [-0.25, -0.2) is 0 Å². The van der Waals surface area contributed by atoms with Crippen LogP contribution in [0.2, 0.25) is 0 Å². The summed E-state index contributed by atoms with van der Waals surface area (Å²) in [7, 11) is 0. The third-order valence-corrected chi connectivity index (χ3v) is 4.62. The van der Waals surface area contributed by atoms with E-state index in [2.05, 4.69) is 32.9 Å². The Balaban J connectivity index is 1.35. The molecule has 3 aromatic rings. The quantitative estimate of drug-likeness (QED) is 0.750. The first-order valence-corrected chi connectivity index (χ1v) is 9.00. The number of fused-ring (bicyclic) bond motifs is 1. The highest BCUT2D eigenvalue weighted by Crippen LogP contribution is 2.26. The van der Waals surface area contributed by atoms with E-state index in [1.807, 2.05) is 43.3 Å². The lowest BCUT2D eigenvalue weighted by Gasteiger charge is -2.26. The molecule has 1 amide bonds. The van der Waals surface area contributed by atoms with Crippen LogP contribution in [0, 0.1) is 6.92 Å². The molecule has 7 heteroatoms. The Morgan fingerprint density at radius 2 is 2.04 bits per heavy atom. The van der Waals surface area contributed by atoms with E-state index >= 15 is 0 Å². The van der Waals surface area contributed by atoms with Gasteiger partial charge in [0.15, 0.2) is 0 Å². The third kappa shape index (κ3) is 4.03. The molecule has 27 heavy (non-hydrogen) atoms. The fraction of sp³-hybridized carbons (Fsp3) is 0.300. The number of aromatic nitrogens is 4. The van der Waals surface area contributed by atoms with E-state index in [4.69, 9.17) is 4.74 Å². The van der Waals surface area contributed by atoms with Gasteiger partial charge in [0.1, 0.15) is 12.6 Å². The van der Waals surface area contributed by atoms with Crippen molar-refractivity contribution in [3.63, 3.8) is 0 Å². The lowest BCUT2D eigenvalue weighted by Crippen LogP contribution is -2.34. The molecule has 0 fully saturated rings. The van der Waals surface area contributed by atoms with Gasteiger partial charge < -0.3 is 10.1 Å². The Bertz CT molecular complexity index is 936. The van der Waals surface area contributed by atoms with Crippen molar-refractivity contribution in [2.24, 2.45) is 0 Å². The number of aryl methyl sites for hydroxylation is 1. The molecule has 1 aliphatic heterocycles. The number of ether oxygens (including phenoxy) is 1. The molecule has 2 heterocycles. The minimum Gasteiger partial charge on any atom is -0.371 e. The first-order valence-electron chi connectivity index (χ1n) is 9.00. The van der Waals surface area contributed by atoms with Gasteiger partial charge in [-0.15, -0.1) is 10.2 Å². The molecule has 0 radical (unpaired) electrons. The Labute approximate surface area is 157 Å². The molecule has 2 aromatic carbocycles. The van der Waals surface area contributed by atoms with E-state index in [1.54, 1.807) is 0 Å². The number of tetrazole rings is 1. The topological polar surface area (TPSA) is 81.9 Å². The van der Waals surface area contributed by atoms with Gasteiger partial charge in [-0.2, -0.15) is 4.80 Å². The number of carbonyl (C=O) groups is 1. The summed E-state index contributed by atoms with van der Waals surface area (Å²) in [5.41, 5.74) is 4.46. The minimum absolute atomic E-state index is 0.0211. The monoisotopic (exact) mass is 363 g/mol. The Morgan fingerprint density at radius 3 is 2.89 bits per heavy atom. The lowest BCUT2D eigenvalue weighted by atomic mass is 9.97. The van der Waals surface area contributed by atoms with E-state index in [0.29, 0.717) is 19.0 Å². The average Bonchev–Trinajstić information content (AvgIpc) is 3.15. The van der Waals surface area contributed by atoms with Gasteiger partial charge in [0.25, 0.3) is 0 Å². The van der Waals surface area contributed by atoms with Crippen LogP contribution < -0.4 is 5.32 Å². The van der Waals surface area contributed by atoms with Crippen molar-refractivity contribution >= 4 is 5.91 Å². The summed E-state index contributed by atoms with van der Waals surface area (Å²) >= 11 is 0. The van der Waals surface area contributed by atoms with E-state index in [0.717, 1.165) is 23.1 Å². The van der Waals surface area contributed by atoms with Crippen molar-refractivity contribution in [1.82, 2.24) is 25.5 Å². The van der Waals surface area contributed by atoms with Crippen molar-refractivity contribution in [3.8, 4) is 11.4 Å². The standard InChI is InChI=1S/C20H21N5O2/c1-14-6-8-16(9-7-14)20-22-24-25(23-20)13-19(26)21-12-18-17-5-3-2-4-15(17)10-11-27-18/h2-9,18H,10-13H2,1H3,(H,21,26). The summed E-state index contributed by atoms with van der Waals surface area (Å²) in [4.78, 5) is 13.6. The molecule has 7 nitrogen and oxygen atoms in total. The van der Waals surface area contributed by atoms with Gasteiger partial charge >= 0.3 is 0 Å². The van der Waals surface area contributed by atoms with Crippen molar-refractivity contribution in [3.05, 3.63) is 65.2 Å². The zero-order valence-electron chi connectivity index (χ0n) is 15.1. The molecule has 1 N–H and O–H groups in total. The number of rotatable bonds is 5. The molecule has 0 saturated heterocycles. The third-order valence-electron chi connectivity index (χ3n) is 4.62. The molecule has 0 aliphatic carbocycles. The molecule has 1 aromatic heterocycles. The summed E-state index contributed by atoms with van der Waals surface area (Å²) in [6.07, 6.45) is 0.788. The Hall–Kier alpha value is -3.06. The van der Waals surface area contributed by atoms with Gasteiger partial charge in [0.2, 0.25) is 11.7 Å². The smallest absolute Gasteiger partial charge is 0.243 e. The second kappa shape index (κ2) is 7.67. The Morgan fingerprint density at radius 1 is 1.22 bits per heavy atom. The van der Waals surface area contributed by atoms with Crippen molar-refractivity contribution in [2.45, 2.75) is 26.0 Å². The fourth-order valence-corrected chi connectivity index (χ4v) is 3.17. The highest BCUT2D eigenvalue weighted by Gasteiger charge is 2.21. The average molecular weight is 363 g/mol. The Kier molecular flexibility index (Phi) is 4.93. The van der Waals surface area contributed by atoms with Crippen LogP contribution in [0.1, 0.15) is 22.8 Å². The zero-order valence-corrected chi connectivity index (χ0v) is 15.1. The van der Waals surface area contributed by atoms with Crippen LogP contribution in [0.25, 0.3) is 11.4 Å². The van der Waals surface area contributed by atoms with E-state index in [-0.39, 0.29) is 18.6 Å². The number of nitrogens with one attached hydrogen (secondary N) is 1. The molecule has 4 rings (SSSR count). The molecule has 1 unspecified atom stereocenters. The summed E-state index contributed by atoms with van der Waals surface area (Å²) in [5, 5.41) is 15.2. The van der Waals surface area contributed by atoms with Crippen LogP contribution in [0.5, 0.6) is 0 Å². The van der Waals surface area contributed by atoms with Gasteiger partial charge in [0.05, 0.1) is 6.61 Å².